The summed E-state index contributed by atoms with van der Waals surface area (Å²) in [4.78, 5) is 44.7. The fraction of sp³-hybridized carbons (Fsp3) is 0.654. The fourth-order valence-electron chi connectivity index (χ4n) is 6.34. The van der Waals surface area contributed by atoms with Crippen molar-refractivity contribution in [2.24, 2.45) is 17.8 Å². The average Bonchev–Trinajstić information content (AvgIpc) is 3.53. The smallest absolute Gasteiger partial charge is 0.234 e. The van der Waals surface area contributed by atoms with Crippen molar-refractivity contribution in [3.63, 3.8) is 0 Å². The highest BCUT2D eigenvalue weighted by atomic mass is 16.2. The molecule has 1 aliphatic carbocycles. The molecule has 32 heavy (non-hydrogen) atoms. The Morgan fingerprint density at radius 3 is 2.12 bits per heavy atom. The third kappa shape index (κ3) is 4.34. The summed E-state index contributed by atoms with van der Waals surface area (Å²) in [6.07, 6.45) is 8.30. The van der Waals surface area contributed by atoms with E-state index in [1.54, 1.807) is 4.90 Å². The van der Waals surface area contributed by atoms with Gasteiger partial charge in [0.25, 0.3) is 0 Å². The molecule has 1 aromatic rings. The Morgan fingerprint density at radius 1 is 0.875 bits per heavy atom. The molecule has 3 saturated heterocycles. The Hall–Kier alpha value is -2.21. The van der Waals surface area contributed by atoms with Crippen LogP contribution in [0.15, 0.2) is 30.3 Å². The number of benzene rings is 1. The lowest BCUT2D eigenvalue weighted by atomic mass is 9.99. The van der Waals surface area contributed by atoms with Gasteiger partial charge in [0.05, 0.1) is 11.8 Å². The van der Waals surface area contributed by atoms with Crippen LogP contribution < -0.4 is 0 Å². The summed E-state index contributed by atoms with van der Waals surface area (Å²) in [6, 6.07) is 10.2. The second-order valence-corrected chi connectivity index (χ2v) is 10.2. The maximum atomic E-state index is 13.2. The normalized spacial score (nSPS) is 27.5. The van der Waals surface area contributed by atoms with Gasteiger partial charge in [-0.3, -0.25) is 24.2 Å². The van der Waals surface area contributed by atoms with Crippen molar-refractivity contribution in [3.05, 3.63) is 35.9 Å². The molecule has 0 unspecified atom stereocenters. The molecule has 6 nitrogen and oxygen atoms in total. The Balaban J connectivity index is 1.12. The number of piperidine rings is 1. The molecule has 2 atom stereocenters. The monoisotopic (exact) mass is 437 g/mol. The summed E-state index contributed by atoms with van der Waals surface area (Å²) in [7, 11) is 0. The topological polar surface area (TPSA) is 60.9 Å². The number of carbonyl (C=O) groups excluding carboxylic acids is 3. The van der Waals surface area contributed by atoms with Gasteiger partial charge in [-0.15, -0.1) is 0 Å². The fourth-order valence-corrected chi connectivity index (χ4v) is 6.34. The van der Waals surface area contributed by atoms with Gasteiger partial charge >= 0.3 is 0 Å². The van der Waals surface area contributed by atoms with Gasteiger partial charge in [-0.05, 0) is 30.7 Å². The third-order valence-corrected chi connectivity index (χ3v) is 8.18. The van der Waals surface area contributed by atoms with Crippen molar-refractivity contribution in [2.45, 2.75) is 64.0 Å². The summed E-state index contributed by atoms with van der Waals surface area (Å²) in [5, 5.41) is 0. The first-order chi connectivity index (χ1) is 15.6. The Kier molecular flexibility index (Phi) is 6.31. The Morgan fingerprint density at radius 2 is 1.50 bits per heavy atom. The van der Waals surface area contributed by atoms with Gasteiger partial charge in [0.2, 0.25) is 17.7 Å². The lowest BCUT2D eigenvalue weighted by molar-refractivity contribution is -0.145. The summed E-state index contributed by atoms with van der Waals surface area (Å²) in [5.74, 6) is 0.623. The molecule has 0 aromatic heterocycles. The van der Waals surface area contributed by atoms with Crippen molar-refractivity contribution in [1.82, 2.24) is 14.7 Å². The quantitative estimate of drug-likeness (QED) is 0.642. The highest BCUT2D eigenvalue weighted by Gasteiger charge is 2.54. The van der Waals surface area contributed by atoms with Crippen LogP contribution in [0.1, 0.15) is 56.9 Å². The van der Waals surface area contributed by atoms with Crippen LogP contribution in [0.2, 0.25) is 0 Å². The molecule has 1 aromatic carbocycles. The van der Waals surface area contributed by atoms with E-state index in [1.165, 1.54) is 31.2 Å². The van der Waals surface area contributed by atoms with E-state index in [-0.39, 0.29) is 35.6 Å². The number of amides is 3. The second kappa shape index (κ2) is 9.34. The van der Waals surface area contributed by atoms with E-state index < -0.39 is 0 Å². The number of rotatable bonds is 6. The number of carbonyl (C=O) groups is 3. The van der Waals surface area contributed by atoms with Crippen LogP contribution in [-0.4, -0.2) is 64.6 Å². The van der Waals surface area contributed by atoms with E-state index >= 15 is 0 Å². The maximum absolute atomic E-state index is 13.2. The maximum Gasteiger partial charge on any atom is 0.234 e. The lowest BCUT2D eigenvalue weighted by Crippen LogP contribution is -2.50. The van der Waals surface area contributed by atoms with Crippen molar-refractivity contribution >= 4 is 17.7 Å². The molecular formula is C26H35N3O3. The van der Waals surface area contributed by atoms with Gasteiger partial charge in [-0.1, -0.05) is 56.0 Å². The van der Waals surface area contributed by atoms with Crippen LogP contribution >= 0.6 is 0 Å². The summed E-state index contributed by atoms with van der Waals surface area (Å²) < 4.78 is 0. The number of hydrogen-bond acceptors (Lipinski definition) is 4. The van der Waals surface area contributed by atoms with Crippen molar-refractivity contribution in [3.8, 4) is 0 Å². The van der Waals surface area contributed by atoms with Crippen LogP contribution in [0, 0.1) is 17.8 Å². The Bertz CT molecular complexity index is 819. The van der Waals surface area contributed by atoms with Crippen molar-refractivity contribution in [2.75, 3.05) is 26.2 Å². The highest BCUT2D eigenvalue weighted by Crippen LogP contribution is 2.37. The molecule has 3 heterocycles. The third-order valence-electron chi connectivity index (χ3n) is 8.18. The average molecular weight is 438 g/mol. The van der Waals surface area contributed by atoms with E-state index in [2.05, 4.69) is 17.0 Å². The molecule has 0 N–H and O–H groups in total. The molecule has 0 spiro atoms. The molecule has 0 bridgehead atoms. The first-order valence-corrected chi connectivity index (χ1v) is 12.5. The van der Waals surface area contributed by atoms with Crippen LogP contribution in [0.4, 0.5) is 0 Å². The zero-order valence-corrected chi connectivity index (χ0v) is 19.0. The molecule has 0 radical (unpaired) electrons. The number of fused-ring (bicyclic) bond motifs is 1. The molecule has 4 fully saturated rings. The molecule has 1 saturated carbocycles. The van der Waals surface area contributed by atoms with Crippen molar-refractivity contribution < 1.29 is 14.4 Å². The van der Waals surface area contributed by atoms with Crippen LogP contribution in [0.3, 0.4) is 0 Å². The van der Waals surface area contributed by atoms with Gasteiger partial charge in [-0.25, -0.2) is 0 Å². The van der Waals surface area contributed by atoms with Gasteiger partial charge in [0.1, 0.15) is 0 Å². The number of likely N-dealkylation sites (tertiary alicyclic amines) is 3. The SMILES string of the molecule is O=C(CCC1CCCC1)N1CCC(N2C(=O)[C@H]3CN(Cc4ccccc4)C[C@H]3C2=O)CC1. The standard InChI is InChI=1S/C26H35N3O3/c30-24(11-10-19-6-4-5-7-19)28-14-12-21(13-15-28)29-25(31)22-17-27(18-23(22)26(29)32)16-20-8-2-1-3-9-20/h1-3,8-9,19,21-23H,4-7,10-18H2/t22-,23+. The molecule has 172 valence electrons. The predicted octanol–water partition coefficient (Wildman–Crippen LogP) is 3.06. The number of imide groups is 1. The summed E-state index contributed by atoms with van der Waals surface area (Å²) in [6.45, 7) is 3.45. The van der Waals surface area contributed by atoms with Crippen LogP contribution in [0.25, 0.3) is 0 Å². The number of hydrogen-bond donors (Lipinski definition) is 0. The largest absolute Gasteiger partial charge is 0.343 e. The first kappa shape index (κ1) is 21.6. The Labute approximate surface area is 190 Å². The van der Waals surface area contributed by atoms with Crippen LogP contribution in [0.5, 0.6) is 0 Å². The van der Waals surface area contributed by atoms with Gasteiger partial charge < -0.3 is 4.90 Å². The zero-order chi connectivity index (χ0) is 22.1. The molecule has 6 heteroatoms. The van der Waals surface area contributed by atoms with Gasteiger partial charge in [-0.2, -0.15) is 0 Å². The lowest BCUT2D eigenvalue weighted by Gasteiger charge is -2.36. The van der Waals surface area contributed by atoms with E-state index in [9.17, 15) is 14.4 Å². The number of nitrogens with zero attached hydrogens (tertiary/aromatic N) is 3. The minimum atomic E-state index is -0.197. The molecule has 5 rings (SSSR count). The van der Waals surface area contributed by atoms with E-state index in [0.29, 0.717) is 32.6 Å². The molecule has 4 aliphatic rings. The van der Waals surface area contributed by atoms with Gasteiger partial charge in [0.15, 0.2) is 0 Å². The molecule has 3 aliphatic heterocycles. The predicted molar refractivity (Wildman–Crippen MR) is 121 cm³/mol. The zero-order valence-electron chi connectivity index (χ0n) is 19.0. The van der Waals surface area contributed by atoms with E-state index in [1.807, 2.05) is 23.1 Å². The molecular weight excluding hydrogens is 402 g/mol. The van der Waals surface area contributed by atoms with Crippen molar-refractivity contribution in [1.29, 1.82) is 0 Å². The minimum Gasteiger partial charge on any atom is -0.343 e. The minimum absolute atomic E-state index is 0.0153. The second-order valence-electron chi connectivity index (χ2n) is 10.2. The summed E-state index contributed by atoms with van der Waals surface area (Å²) in [5.41, 5.74) is 1.22. The van der Waals surface area contributed by atoms with E-state index in [0.717, 1.165) is 31.7 Å². The highest BCUT2D eigenvalue weighted by molar-refractivity contribution is 6.06. The van der Waals surface area contributed by atoms with Gasteiger partial charge in [0, 0.05) is 45.2 Å². The summed E-state index contributed by atoms with van der Waals surface area (Å²) >= 11 is 0. The van der Waals surface area contributed by atoms with Crippen LogP contribution in [-0.2, 0) is 20.9 Å². The van der Waals surface area contributed by atoms with E-state index in [4.69, 9.17) is 0 Å². The molecule has 3 amide bonds. The first-order valence-electron chi connectivity index (χ1n) is 12.5.